The SMILES string of the molecule is C=C(CC)N1CCC(OC)C1.CC.CC.CC(C)C. The molecule has 1 saturated heterocycles. The average molecular weight is 274 g/mol. The number of allylic oxidation sites excluding steroid dienone is 1. The van der Waals surface area contributed by atoms with Crippen LogP contribution in [0.25, 0.3) is 0 Å². The first-order valence-electron chi connectivity index (χ1n) is 7.96. The van der Waals surface area contributed by atoms with Crippen LogP contribution < -0.4 is 0 Å². The van der Waals surface area contributed by atoms with E-state index in [1.165, 1.54) is 5.70 Å². The van der Waals surface area contributed by atoms with Crippen molar-refractivity contribution in [2.75, 3.05) is 20.2 Å². The maximum absolute atomic E-state index is 5.25. The molecule has 1 aliphatic rings. The molecular weight excluding hydrogens is 234 g/mol. The second-order valence-electron chi connectivity index (χ2n) is 4.74. The molecule has 1 heterocycles. The van der Waals surface area contributed by atoms with Crippen LogP contribution in [-0.4, -0.2) is 31.2 Å². The van der Waals surface area contributed by atoms with Gasteiger partial charge in [-0.2, -0.15) is 0 Å². The molecule has 0 amide bonds. The normalized spacial score (nSPS) is 16.5. The molecule has 19 heavy (non-hydrogen) atoms. The molecule has 0 spiro atoms. The van der Waals surface area contributed by atoms with Gasteiger partial charge >= 0.3 is 0 Å². The van der Waals surface area contributed by atoms with Gasteiger partial charge in [-0.1, -0.05) is 62.0 Å². The van der Waals surface area contributed by atoms with Crippen LogP contribution >= 0.6 is 0 Å². The highest BCUT2D eigenvalue weighted by molar-refractivity contribution is 4.96. The minimum atomic E-state index is 0.429. The Hall–Kier alpha value is -0.500. The van der Waals surface area contributed by atoms with Crippen molar-refractivity contribution < 1.29 is 4.74 Å². The summed E-state index contributed by atoms with van der Waals surface area (Å²) in [5.41, 5.74) is 1.24. The number of methoxy groups -OCH3 is 1. The summed E-state index contributed by atoms with van der Waals surface area (Å²) in [6, 6.07) is 0. The van der Waals surface area contributed by atoms with Crippen LogP contribution in [0.1, 0.15) is 68.2 Å². The van der Waals surface area contributed by atoms with Crippen LogP contribution in [0.2, 0.25) is 0 Å². The Morgan fingerprint density at radius 2 is 1.63 bits per heavy atom. The van der Waals surface area contributed by atoms with Gasteiger partial charge in [0.05, 0.1) is 6.10 Å². The molecule has 0 radical (unpaired) electrons. The van der Waals surface area contributed by atoms with Gasteiger partial charge in [0.2, 0.25) is 0 Å². The molecule has 1 atom stereocenters. The minimum Gasteiger partial charge on any atom is -0.380 e. The molecular formula is C17H39NO. The highest BCUT2D eigenvalue weighted by atomic mass is 16.5. The van der Waals surface area contributed by atoms with Crippen molar-refractivity contribution in [1.82, 2.24) is 4.90 Å². The Balaban J connectivity index is -0.000000271. The van der Waals surface area contributed by atoms with Crippen molar-refractivity contribution in [2.24, 2.45) is 5.92 Å². The summed E-state index contributed by atoms with van der Waals surface area (Å²) >= 11 is 0. The molecule has 0 aromatic carbocycles. The molecule has 0 N–H and O–H groups in total. The minimum absolute atomic E-state index is 0.429. The Kier molecular flexibility index (Phi) is 21.7. The third-order valence-electron chi connectivity index (χ3n) is 2.33. The van der Waals surface area contributed by atoms with Crippen molar-refractivity contribution in [1.29, 1.82) is 0 Å². The number of hydrogen-bond acceptors (Lipinski definition) is 2. The molecule has 0 aliphatic carbocycles. The lowest BCUT2D eigenvalue weighted by atomic mass is 10.3. The number of likely N-dealkylation sites (tertiary alicyclic amines) is 1. The van der Waals surface area contributed by atoms with E-state index in [9.17, 15) is 0 Å². The van der Waals surface area contributed by atoms with Gasteiger partial charge in [0.15, 0.2) is 0 Å². The molecule has 2 nitrogen and oxygen atoms in total. The van der Waals surface area contributed by atoms with E-state index < -0.39 is 0 Å². The van der Waals surface area contributed by atoms with Gasteiger partial charge in [0, 0.05) is 25.9 Å². The maximum atomic E-state index is 5.25. The third kappa shape index (κ3) is 15.4. The van der Waals surface area contributed by atoms with Gasteiger partial charge < -0.3 is 9.64 Å². The predicted molar refractivity (Wildman–Crippen MR) is 89.6 cm³/mol. The molecule has 0 bridgehead atoms. The topological polar surface area (TPSA) is 12.5 Å². The highest BCUT2D eigenvalue weighted by Crippen LogP contribution is 2.17. The fourth-order valence-electron chi connectivity index (χ4n) is 1.43. The Morgan fingerprint density at radius 1 is 1.21 bits per heavy atom. The van der Waals surface area contributed by atoms with E-state index in [4.69, 9.17) is 4.74 Å². The standard InChI is InChI=1S/C9H17NO.C4H10.2C2H6/c1-4-8(2)10-6-5-9(7-10)11-3;1-4(2)3;2*1-2/h9H,2,4-7H2,1,3H3;4H,1-3H3;2*1-2H3. The average Bonchev–Trinajstić information content (AvgIpc) is 2.90. The first-order chi connectivity index (χ1) is 9.01. The van der Waals surface area contributed by atoms with E-state index in [0.717, 1.165) is 31.8 Å². The molecule has 1 aliphatic heterocycles. The fourth-order valence-corrected chi connectivity index (χ4v) is 1.43. The Labute approximate surface area is 123 Å². The zero-order chi connectivity index (χ0) is 15.8. The lowest BCUT2D eigenvalue weighted by Gasteiger charge is -2.19. The summed E-state index contributed by atoms with van der Waals surface area (Å²) in [5, 5.41) is 0. The first kappa shape index (κ1) is 23.6. The van der Waals surface area contributed by atoms with Crippen LogP contribution in [0.15, 0.2) is 12.3 Å². The van der Waals surface area contributed by atoms with E-state index in [1.807, 2.05) is 27.7 Å². The summed E-state index contributed by atoms with van der Waals surface area (Å²) in [6.45, 7) is 22.8. The second-order valence-corrected chi connectivity index (χ2v) is 4.74. The quantitative estimate of drug-likeness (QED) is 0.687. The van der Waals surface area contributed by atoms with Crippen LogP contribution in [0.3, 0.4) is 0 Å². The van der Waals surface area contributed by atoms with Crippen molar-refractivity contribution in [3.63, 3.8) is 0 Å². The summed E-state index contributed by atoms with van der Waals surface area (Å²) in [6.07, 6.45) is 2.63. The van der Waals surface area contributed by atoms with Gasteiger partial charge in [0.1, 0.15) is 0 Å². The molecule has 0 saturated carbocycles. The molecule has 0 aromatic rings. The number of ether oxygens (including phenoxy) is 1. The van der Waals surface area contributed by atoms with Gasteiger partial charge in [-0.05, 0) is 18.8 Å². The summed E-state index contributed by atoms with van der Waals surface area (Å²) in [5.74, 6) is 0.833. The molecule has 1 fully saturated rings. The van der Waals surface area contributed by atoms with E-state index in [-0.39, 0.29) is 0 Å². The van der Waals surface area contributed by atoms with Crippen molar-refractivity contribution in [3.8, 4) is 0 Å². The molecule has 1 rings (SSSR count). The van der Waals surface area contributed by atoms with Gasteiger partial charge in [-0.15, -0.1) is 0 Å². The van der Waals surface area contributed by atoms with E-state index in [2.05, 4.69) is 39.2 Å². The van der Waals surface area contributed by atoms with Gasteiger partial charge in [0.25, 0.3) is 0 Å². The fraction of sp³-hybridized carbons (Fsp3) is 0.882. The molecule has 118 valence electrons. The summed E-state index contributed by atoms with van der Waals surface area (Å²) in [7, 11) is 1.78. The van der Waals surface area contributed by atoms with Crippen molar-refractivity contribution in [2.45, 2.75) is 74.3 Å². The Morgan fingerprint density at radius 3 is 1.89 bits per heavy atom. The highest BCUT2D eigenvalue weighted by Gasteiger charge is 2.21. The van der Waals surface area contributed by atoms with Crippen LogP contribution in [0, 0.1) is 5.92 Å². The molecule has 1 unspecified atom stereocenters. The lowest BCUT2D eigenvalue weighted by Crippen LogP contribution is -2.21. The number of nitrogens with zero attached hydrogens (tertiary/aromatic N) is 1. The van der Waals surface area contributed by atoms with E-state index >= 15 is 0 Å². The monoisotopic (exact) mass is 273 g/mol. The maximum Gasteiger partial charge on any atom is 0.0762 e. The number of hydrogen-bond donors (Lipinski definition) is 0. The van der Waals surface area contributed by atoms with Crippen LogP contribution in [-0.2, 0) is 4.74 Å². The number of rotatable bonds is 3. The Bertz CT molecular complexity index is 175. The van der Waals surface area contributed by atoms with E-state index in [0.29, 0.717) is 6.10 Å². The van der Waals surface area contributed by atoms with Crippen LogP contribution in [0.5, 0.6) is 0 Å². The first-order valence-corrected chi connectivity index (χ1v) is 7.96. The second kappa shape index (κ2) is 17.5. The largest absolute Gasteiger partial charge is 0.380 e. The smallest absolute Gasteiger partial charge is 0.0762 e. The molecule has 2 heteroatoms. The summed E-state index contributed by atoms with van der Waals surface area (Å²) < 4.78 is 5.25. The molecule has 0 aromatic heterocycles. The zero-order valence-electron chi connectivity index (χ0n) is 15.0. The van der Waals surface area contributed by atoms with Gasteiger partial charge in [-0.25, -0.2) is 0 Å². The summed E-state index contributed by atoms with van der Waals surface area (Å²) in [4.78, 5) is 2.31. The zero-order valence-corrected chi connectivity index (χ0v) is 15.0. The van der Waals surface area contributed by atoms with Crippen molar-refractivity contribution >= 4 is 0 Å². The third-order valence-corrected chi connectivity index (χ3v) is 2.33. The van der Waals surface area contributed by atoms with Gasteiger partial charge in [-0.3, -0.25) is 0 Å². The predicted octanol–water partition coefficient (Wildman–Crippen LogP) is 5.35. The van der Waals surface area contributed by atoms with Crippen molar-refractivity contribution in [3.05, 3.63) is 12.3 Å². The van der Waals surface area contributed by atoms with E-state index in [1.54, 1.807) is 7.11 Å². The lowest BCUT2D eigenvalue weighted by molar-refractivity contribution is 0.111. The van der Waals surface area contributed by atoms with Crippen LogP contribution in [0.4, 0.5) is 0 Å².